The number of carbonyl (C=O) groups excluding carboxylic acids is 1. The summed E-state index contributed by atoms with van der Waals surface area (Å²) < 4.78 is 73.4. The van der Waals surface area contributed by atoms with Crippen LogP contribution in [0.25, 0.3) is 0 Å². The lowest BCUT2D eigenvalue weighted by atomic mass is 10.1. The van der Waals surface area contributed by atoms with Gasteiger partial charge in [0.15, 0.2) is 0 Å². The highest BCUT2D eigenvalue weighted by molar-refractivity contribution is 7.87. The summed E-state index contributed by atoms with van der Waals surface area (Å²) in [6, 6.07) is 4.79. The molecule has 1 N–H and O–H groups in total. The van der Waals surface area contributed by atoms with Crippen LogP contribution in [0.15, 0.2) is 18.2 Å². The summed E-state index contributed by atoms with van der Waals surface area (Å²) in [5.74, 6) is 0.233. The van der Waals surface area contributed by atoms with Crippen LogP contribution in [0.3, 0.4) is 0 Å². The average Bonchev–Trinajstić information content (AvgIpc) is 2.86. The second kappa shape index (κ2) is 6.95. The molecular weight excluding hydrogens is 379 g/mol. The predicted molar refractivity (Wildman–Crippen MR) is 85.3 cm³/mol. The van der Waals surface area contributed by atoms with Gasteiger partial charge in [0.05, 0.1) is 5.69 Å². The molecule has 0 aliphatic carbocycles. The second-order valence-corrected chi connectivity index (χ2v) is 8.16. The number of nitrogens with one attached hydrogen (secondary N) is 1. The van der Waals surface area contributed by atoms with Gasteiger partial charge in [0.1, 0.15) is 24.1 Å². The number of amides is 1. The smallest absolute Gasteiger partial charge is 0.485 e. The van der Waals surface area contributed by atoms with Crippen LogP contribution in [0, 0.1) is 0 Å². The molecule has 1 aliphatic heterocycles. The fraction of sp³-hybridized carbons (Fsp3) is 0.533. The third-order valence-electron chi connectivity index (χ3n) is 3.16. The van der Waals surface area contributed by atoms with Crippen molar-refractivity contribution in [2.45, 2.75) is 44.4 Å². The number of fused-ring (bicyclic) bond motifs is 1. The molecule has 1 heterocycles. The van der Waals surface area contributed by atoms with E-state index in [-0.39, 0.29) is 17.9 Å². The summed E-state index contributed by atoms with van der Waals surface area (Å²) in [5, 5.41) is 2.49. The van der Waals surface area contributed by atoms with Crippen molar-refractivity contribution in [2.75, 3.05) is 11.9 Å². The molecule has 1 aromatic rings. The third kappa shape index (κ3) is 5.01. The van der Waals surface area contributed by atoms with Gasteiger partial charge in [-0.05, 0) is 26.8 Å². The zero-order valence-corrected chi connectivity index (χ0v) is 15.0. The van der Waals surface area contributed by atoms with Gasteiger partial charge in [0, 0.05) is 12.0 Å². The highest BCUT2D eigenvalue weighted by Crippen LogP contribution is 2.37. The maximum absolute atomic E-state index is 12.3. The van der Waals surface area contributed by atoms with E-state index in [1.165, 1.54) is 6.07 Å². The molecule has 0 fully saturated rings. The molecule has 0 aromatic heterocycles. The van der Waals surface area contributed by atoms with Crippen molar-refractivity contribution in [3.05, 3.63) is 23.8 Å². The first-order valence-electron chi connectivity index (χ1n) is 7.53. The van der Waals surface area contributed by atoms with E-state index < -0.39 is 40.0 Å². The van der Waals surface area contributed by atoms with E-state index in [0.717, 1.165) is 0 Å². The van der Waals surface area contributed by atoms with Gasteiger partial charge in [0.2, 0.25) is 0 Å². The van der Waals surface area contributed by atoms with Gasteiger partial charge in [-0.15, -0.1) is 0 Å². The van der Waals surface area contributed by atoms with Crippen molar-refractivity contribution in [3.8, 4) is 5.75 Å². The number of para-hydroxylation sites is 1. The molecule has 0 spiro atoms. The summed E-state index contributed by atoms with van der Waals surface area (Å²) in [6.45, 7) is 4.26. The monoisotopic (exact) mass is 397 g/mol. The zero-order valence-electron chi connectivity index (χ0n) is 14.2. The lowest BCUT2D eigenvalue weighted by Crippen LogP contribution is -2.30. The Morgan fingerprint density at radius 2 is 1.96 bits per heavy atom. The van der Waals surface area contributed by atoms with Crippen molar-refractivity contribution in [1.82, 2.24) is 0 Å². The van der Waals surface area contributed by atoms with Crippen LogP contribution in [0.2, 0.25) is 0 Å². The number of halogens is 3. The van der Waals surface area contributed by atoms with E-state index in [1.54, 1.807) is 32.9 Å². The number of alkyl halides is 3. The maximum Gasteiger partial charge on any atom is 0.523 e. The third-order valence-corrected chi connectivity index (χ3v) is 4.17. The average molecular weight is 397 g/mol. The van der Waals surface area contributed by atoms with E-state index in [2.05, 4.69) is 9.50 Å². The fourth-order valence-electron chi connectivity index (χ4n) is 2.18. The van der Waals surface area contributed by atoms with Crippen LogP contribution >= 0.6 is 0 Å². The first-order chi connectivity index (χ1) is 11.8. The zero-order chi connectivity index (χ0) is 19.8. The number of hydrogen-bond acceptors (Lipinski definition) is 6. The Morgan fingerprint density at radius 1 is 1.31 bits per heavy atom. The largest absolute Gasteiger partial charge is 0.523 e. The second-order valence-electron chi connectivity index (χ2n) is 6.55. The minimum absolute atomic E-state index is 0.131. The molecule has 0 saturated heterocycles. The lowest BCUT2D eigenvalue weighted by molar-refractivity contribution is -0.0557. The molecule has 2 rings (SSSR count). The molecule has 1 atom stereocenters. The quantitative estimate of drug-likeness (QED) is 0.620. The van der Waals surface area contributed by atoms with Crippen LogP contribution in [-0.2, 0) is 25.5 Å². The number of anilines is 1. The van der Waals surface area contributed by atoms with Crippen molar-refractivity contribution >= 4 is 21.9 Å². The molecule has 1 aromatic carbocycles. The molecular formula is C15H18F3NO6S. The minimum atomic E-state index is -5.69. The van der Waals surface area contributed by atoms with Gasteiger partial charge in [-0.3, -0.25) is 9.50 Å². The van der Waals surface area contributed by atoms with Crippen LogP contribution in [-0.4, -0.2) is 38.3 Å². The van der Waals surface area contributed by atoms with E-state index in [1.807, 2.05) is 0 Å². The van der Waals surface area contributed by atoms with Crippen LogP contribution in [0.1, 0.15) is 26.3 Å². The summed E-state index contributed by atoms with van der Waals surface area (Å²) >= 11 is 0. The molecule has 11 heteroatoms. The van der Waals surface area contributed by atoms with Crippen molar-refractivity contribution in [3.63, 3.8) is 0 Å². The van der Waals surface area contributed by atoms with Crippen LogP contribution in [0.5, 0.6) is 5.75 Å². The Hall–Kier alpha value is -2.01. The number of ether oxygens (including phenoxy) is 2. The molecule has 7 nitrogen and oxygen atoms in total. The number of benzene rings is 1. The highest BCUT2D eigenvalue weighted by atomic mass is 32.2. The Bertz CT molecular complexity index is 786. The highest BCUT2D eigenvalue weighted by Gasteiger charge is 2.48. The van der Waals surface area contributed by atoms with E-state index in [4.69, 9.17) is 9.47 Å². The minimum Gasteiger partial charge on any atom is -0.485 e. The van der Waals surface area contributed by atoms with E-state index in [9.17, 15) is 26.4 Å². The summed E-state index contributed by atoms with van der Waals surface area (Å²) in [6.07, 6.45) is -1.54. The standard InChI is InChI=1S/C15H18F3NO6S/c1-14(2,3)25-13(20)19-11-6-4-5-9-7-10(24-12(9)11)8-23-26(21,22)15(16,17)18/h4-6,10H,7-8H2,1-3H3,(H,19,20). The Morgan fingerprint density at radius 3 is 2.54 bits per heavy atom. The molecule has 0 radical (unpaired) electrons. The molecule has 1 aliphatic rings. The van der Waals surface area contributed by atoms with Gasteiger partial charge in [0.25, 0.3) is 0 Å². The summed E-state index contributed by atoms with van der Waals surface area (Å²) in [4.78, 5) is 11.9. The Labute approximate surface area is 148 Å². The Kier molecular flexibility index (Phi) is 5.43. The van der Waals surface area contributed by atoms with Gasteiger partial charge < -0.3 is 9.47 Å². The van der Waals surface area contributed by atoms with Gasteiger partial charge in [-0.25, -0.2) is 4.79 Å². The normalized spacial score (nSPS) is 17.4. The first kappa shape index (κ1) is 20.3. The summed E-state index contributed by atoms with van der Waals surface area (Å²) in [7, 11) is -5.69. The topological polar surface area (TPSA) is 90.9 Å². The number of rotatable bonds is 4. The van der Waals surface area contributed by atoms with Crippen molar-refractivity contribution in [1.29, 1.82) is 0 Å². The maximum atomic E-state index is 12.3. The number of hydrogen-bond donors (Lipinski definition) is 1. The molecule has 1 amide bonds. The predicted octanol–water partition coefficient (Wildman–Crippen LogP) is 3.20. The van der Waals surface area contributed by atoms with Crippen molar-refractivity contribution in [2.24, 2.45) is 0 Å². The molecule has 0 bridgehead atoms. The van der Waals surface area contributed by atoms with Crippen molar-refractivity contribution < 1.29 is 40.0 Å². The lowest BCUT2D eigenvalue weighted by Gasteiger charge is -2.20. The van der Waals surface area contributed by atoms with E-state index >= 15 is 0 Å². The molecule has 146 valence electrons. The Balaban J connectivity index is 2.04. The van der Waals surface area contributed by atoms with Gasteiger partial charge in [-0.2, -0.15) is 21.6 Å². The number of carbonyl (C=O) groups is 1. The van der Waals surface area contributed by atoms with Gasteiger partial charge >= 0.3 is 21.7 Å². The molecule has 1 unspecified atom stereocenters. The van der Waals surface area contributed by atoms with Crippen LogP contribution in [0.4, 0.5) is 23.7 Å². The van der Waals surface area contributed by atoms with Crippen LogP contribution < -0.4 is 10.1 Å². The summed E-state index contributed by atoms with van der Waals surface area (Å²) in [5.41, 5.74) is -5.36. The SMILES string of the molecule is CC(C)(C)OC(=O)Nc1cccc2c1OC(COS(=O)(=O)C(F)(F)F)C2. The van der Waals surface area contributed by atoms with E-state index in [0.29, 0.717) is 5.56 Å². The molecule has 0 saturated carbocycles. The first-order valence-corrected chi connectivity index (χ1v) is 8.93. The fourth-order valence-corrected chi connectivity index (χ4v) is 2.64. The molecule has 26 heavy (non-hydrogen) atoms. The van der Waals surface area contributed by atoms with Gasteiger partial charge in [-0.1, -0.05) is 12.1 Å².